The van der Waals surface area contributed by atoms with Crippen LogP contribution in [0.1, 0.15) is 17.5 Å². The molecule has 17 heavy (non-hydrogen) atoms. The molecule has 1 aromatic heterocycles. The molecule has 0 fully saturated rings. The van der Waals surface area contributed by atoms with Gasteiger partial charge in [0.25, 0.3) is 0 Å². The molecule has 0 aliphatic carbocycles. The normalized spacial score (nSPS) is 12.7. The van der Waals surface area contributed by atoms with Crippen molar-refractivity contribution in [1.82, 2.24) is 10.1 Å². The van der Waals surface area contributed by atoms with Gasteiger partial charge < -0.3 is 15.4 Å². The molecule has 2 aromatic rings. The fourth-order valence-electron chi connectivity index (χ4n) is 1.45. The highest BCUT2D eigenvalue weighted by molar-refractivity contribution is 5.55. The molecule has 0 saturated heterocycles. The minimum Gasteiger partial charge on any atom is -0.394 e. The van der Waals surface area contributed by atoms with Crippen molar-refractivity contribution in [2.45, 2.75) is 13.0 Å². The summed E-state index contributed by atoms with van der Waals surface area (Å²) in [4.78, 5) is 4.00. The van der Waals surface area contributed by atoms with Crippen LogP contribution in [-0.2, 0) is 0 Å². The number of hydrogen-bond donors (Lipinski definition) is 2. The van der Waals surface area contributed by atoms with E-state index in [9.17, 15) is 4.39 Å². The summed E-state index contributed by atoms with van der Waals surface area (Å²) < 4.78 is 18.1. The third-order valence-electron chi connectivity index (χ3n) is 2.26. The molecule has 0 amide bonds. The lowest BCUT2D eigenvalue weighted by Crippen LogP contribution is -2.14. The Balaban J connectivity index is 2.36. The highest BCUT2D eigenvalue weighted by Gasteiger charge is 2.15. The molecule has 2 rings (SSSR count). The molecular formula is C11H12FN3O2. The Bertz CT molecular complexity index is 507. The number of nitrogens with zero attached hydrogens (tertiary/aromatic N) is 2. The van der Waals surface area contributed by atoms with Crippen LogP contribution in [0.4, 0.5) is 4.39 Å². The van der Waals surface area contributed by atoms with Crippen LogP contribution >= 0.6 is 0 Å². The maximum Gasteiger partial charge on any atom is 0.246 e. The number of nitrogens with two attached hydrogens (primary N) is 1. The van der Waals surface area contributed by atoms with Crippen LogP contribution in [0.15, 0.2) is 22.7 Å². The monoisotopic (exact) mass is 237 g/mol. The van der Waals surface area contributed by atoms with Crippen molar-refractivity contribution in [3.05, 3.63) is 35.5 Å². The Morgan fingerprint density at radius 1 is 1.47 bits per heavy atom. The molecule has 1 heterocycles. The summed E-state index contributed by atoms with van der Waals surface area (Å²) in [5.74, 6) is 0.0220. The number of halogens is 1. The third kappa shape index (κ3) is 2.48. The quantitative estimate of drug-likeness (QED) is 0.837. The Morgan fingerprint density at radius 2 is 2.24 bits per heavy atom. The van der Waals surface area contributed by atoms with Crippen molar-refractivity contribution in [2.24, 2.45) is 5.73 Å². The predicted octanol–water partition coefficient (Wildman–Crippen LogP) is 1.18. The molecule has 0 saturated carbocycles. The number of aromatic nitrogens is 2. The van der Waals surface area contributed by atoms with E-state index in [0.717, 1.165) is 5.56 Å². The number of aryl methyl sites for hydroxylation is 1. The summed E-state index contributed by atoms with van der Waals surface area (Å²) in [6.07, 6.45) is 0. The van der Waals surface area contributed by atoms with Gasteiger partial charge in [-0.05, 0) is 30.7 Å². The van der Waals surface area contributed by atoms with Gasteiger partial charge in [0.2, 0.25) is 11.7 Å². The van der Waals surface area contributed by atoms with E-state index in [0.29, 0.717) is 5.56 Å². The zero-order chi connectivity index (χ0) is 12.4. The minimum absolute atomic E-state index is 0.129. The number of aliphatic hydroxyl groups is 1. The molecule has 0 radical (unpaired) electrons. The van der Waals surface area contributed by atoms with Crippen LogP contribution in [0.5, 0.6) is 0 Å². The smallest absolute Gasteiger partial charge is 0.246 e. The second-order valence-corrected chi connectivity index (χ2v) is 3.76. The van der Waals surface area contributed by atoms with E-state index in [2.05, 4.69) is 10.1 Å². The molecule has 5 nitrogen and oxygen atoms in total. The first-order valence-electron chi connectivity index (χ1n) is 5.08. The van der Waals surface area contributed by atoms with E-state index in [4.69, 9.17) is 15.4 Å². The van der Waals surface area contributed by atoms with Gasteiger partial charge in [0.15, 0.2) is 0 Å². The molecule has 0 bridgehead atoms. The van der Waals surface area contributed by atoms with Crippen LogP contribution in [0.2, 0.25) is 0 Å². The Kier molecular flexibility index (Phi) is 3.16. The molecule has 0 spiro atoms. The maximum absolute atomic E-state index is 13.2. The molecule has 0 aliphatic heterocycles. The zero-order valence-corrected chi connectivity index (χ0v) is 9.22. The van der Waals surface area contributed by atoms with E-state index < -0.39 is 6.04 Å². The van der Waals surface area contributed by atoms with E-state index in [1.807, 2.05) is 0 Å². The van der Waals surface area contributed by atoms with Crippen molar-refractivity contribution in [3.8, 4) is 11.4 Å². The fraction of sp³-hybridized carbons (Fsp3) is 0.273. The summed E-state index contributed by atoms with van der Waals surface area (Å²) in [7, 11) is 0. The third-order valence-corrected chi connectivity index (χ3v) is 2.26. The average molecular weight is 237 g/mol. The van der Waals surface area contributed by atoms with Crippen molar-refractivity contribution in [1.29, 1.82) is 0 Å². The highest BCUT2D eigenvalue weighted by Crippen LogP contribution is 2.20. The molecular weight excluding hydrogens is 225 g/mol. The lowest BCUT2D eigenvalue weighted by molar-refractivity contribution is 0.237. The van der Waals surface area contributed by atoms with Crippen molar-refractivity contribution >= 4 is 0 Å². The van der Waals surface area contributed by atoms with Gasteiger partial charge in [-0.25, -0.2) is 4.39 Å². The van der Waals surface area contributed by atoms with Crippen LogP contribution < -0.4 is 5.73 Å². The number of aliphatic hydroxyl groups excluding tert-OH is 1. The second kappa shape index (κ2) is 4.60. The van der Waals surface area contributed by atoms with Crippen molar-refractivity contribution < 1.29 is 14.0 Å². The minimum atomic E-state index is -0.717. The van der Waals surface area contributed by atoms with Crippen molar-refractivity contribution in [2.75, 3.05) is 6.61 Å². The zero-order valence-electron chi connectivity index (χ0n) is 9.22. The van der Waals surface area contributed by atoms with Gasteiger partial charge in [0, 0.05) is 5.56 Å². The van der Waals surface area contributed by atoms with Crippen molar-refractivity contribution in [3.63, 3.8) is 0 Å². The van der Waals surface area contributed by atoms with Gasteiger partial charge in [0.1, 0.15) is 11.9 Å². The summed E-state index contributed by atoms with van der Waals surface area (Å²) >= 11 is 0. The van der Waals surface area contributed by atoms with E-state index in [1.54, 1.807) is 13.0 Å². The number of rotatable bonds is 3. The van der Waals surface area contributed by atoms with Gasteiger partial charge in [-0.3, -0.25) is 0 Å². The van der Waals surface area contributed by atoms with Gasteiger partial charge in [0.05, 0.1) is 6.61 Å². The molecule has 0 aliphatic rings. The largest absolute Gasteiger partial charge is 0.394 e. The lowest BCUT2D eigenvalue weighted by atomic mass is 10.1. The summed E-state index contributed by atoms with van der Waals surface area (Å²) in [6.45, 7) is 1.48. The van der Waals surface area contributed by atoms with E-state index >= 15 is 0 Å². The topological polar surface area (TPSA) is 85.2 Å². The van der Waals surface area contributed by atoms with Crippen LogP contribution in [0, 0.1) is 12.7 Å². The van der Waals surface area contributed by atoms with Gasteiger partial charge in [-0.1, -0.05) is 5.16 Å². The Hall–Kier alpha value is -1.79. The van der Waals surface area contributed by atoms with E-state index in [-0.39, 0.29) is 24.1 Å². The Morgan fingerprint density at radius 3 is 2.88 bits per heavy atom. The first-order chi connectivity index (χ1) is 8.10. The first kappa shape index (κ1) is 11.7. The molecule has 3 N–H and O–H groups in total. The summed E-state index contributed by atoms with van der Waals surface area (Å²) in [6, 6.07) is 3.74. The highest BCUT2D eigenvalue weighted by atomic mass is 19.1. The Labute approximate surface area is 97.1 Å². The summed E-state index contributed by atoms with van der Waals surface area (Å²) in [5, 5.41) is 12.5. The molecule has 90 valence electrons. The molecule has 1 unspecified atom stereocenters. The second-order valence-electron chi connectivity index (χ2n) is 3.76. The average Bonchev–Trinajstić information content (AvgIpc) is 2.76. The molecule has 6 heteroatoms. The van der Waals surface area contributed by atoms with Crippen LogP contribution in [0.25, 0.3) is 11.4 Å². The van der Waals surface area contributed by atoms with Gasteiger partial charge >= 0.3 is 0 Å². The fourth-order valence-corrected chi connectivity index (χ4v) is 1.45. The van der Waals surface area contributed by atoms with Gasteiger partial charge in [-0.2, -0.15) is 4.98 Å². The summed E-state index contributed by atoms with van der Waals surface area (Å²) in [5.41, 5.74) is 6.80. The standard InChI is InChI=1S/C11H12FN3O2/c1-6-2-7(4-8(12)3-6)10-14-11(17-15-10)9(13)5-16/h2-4,9,16H,5,13H2,1H3. The number of hydrogen-bond acceptors (Lipinski definition) is 5. The van der Waals surface area contributed by atoms with Gasteiger partial charge in [-0.15, -0.1) is 0 Å². The SMILES string of the molecule is Cc1cc(F)cc(-c2noc(C(N)CO)n2)c1. The lowest BCUT2D eigenvalue weighted by Gasteiger charge is -1.99. The maximum atomic E-state index is 13.2. The predicted molar refractivity (Wildman–Crippen MR) is 58.4 cm³/mol. The van der Waals surface area contributed by atoms with Crippen LogP contribution in [0.3, 0.4) is 0 Å². The van der Waals surface area contributed by atoms with Crippen LogP contribution in [-0.4, -0.2) is 21.9 Å². The van der Waals surface area contributed by atoms with E-state index in [1.165, 1.54) is 12.1 Å². The first-order valence-corrected chi connectivity index (χ1v) is 5.08. The molecule has 1 atom stereocenters. The molecule has 1 aromatic carbocycles. The number of benzene rings is 1.